The summed E-state index contributed by atoms with van der Waals surface area (Å²) in [5.74, 6) is -0.574. The number of aromatic nitrogens is 1. The van der Waals surface area contributed by atoms with Crippen molar-refractivity contribution < 1.29 is 17.5 Å². The lowest BCUT2D eigenvalue weighted by molar-refractivity contribution is 0.0158. The van der Waals surface area contributed by atoms with Gasteiger partial charge in [-0.3, -0.25) is 4.90 Å². The van der Waals surface area contributed by atoms with E-state index in [1.54, 1.807) is 0 Å². The van der Waals surface area contributed by atoms with Crippen molar-refractivity contribution in [2.75, 3.05) is 32.8 Å². The Balaban J connectivity index is 1.79. The first-order valence-electron chi connectivity index (χ1n) is 8.15. The Morgan fingerprint density at radius 3 is 2.64 bits per heavy atom. The molecule has 1 aliphatic rings. The molecule has 1 fully saturated rings. The molecule has 0 saturated carbocycles. The summed E-state index contributed by atoms with van der Waals surface area (Å²) in [6.45, 7) is 2.92. The number of rotatable bonds is 6. The molecule has 1 aliphatic heterocycles. The summed E-state index contributed by atoms with van der Waals surface area (Å²) in [5.41, 5.74) is 1.02. The van der Waals surface area contributed by atoms with Crippen molar-refractivity contribution in [3.8, 4) is 0 Å². The highest BCUT2D eigenvalue weighted by Crippen LogP contribution is 2.22. The number of hydrogen-bond acceptors (Lipinski definition) is 4. The van der Waals surface area contributed by atoms with E-state index in [0.29, 0.717) is 13.2 Å². The number of aryl methyl sites for hydroxylation is 1. The third-order valence-electron chi connectivity index (χ3n) is 4.38. The molecule has 1 N–H and O–H groups in total. The van der Waals surface area contributed by atoms with E-state index in [-0.39, 0.29) is 17.5 Å². The molecule has 8 heteroatoms. The summed E-state index contributed by atoms with van der Waals surface area (Å²) in [6.07, 6.45) is 1.93. The van der Waals surface area contributed by atoms with Crippen molar-refractivity contribution in [2.24, 2.45) is 7.05 Å². The normalized spacial score (nSPS) is 17.5. The molecule has 0 bridgehead atoms. The Morgan fingerprint density at radius 2 is 2.00 bits per heavy atom. The molecule has 1 aromatic heterocycles. The van der Waals surface area contributed by atoms with Gasteiger partial charge in [0.1, 0.15) is 5.82 Å². The SMILES string of the molecule is Cn1cccc1[C@H](CNS(=O)(=O)c1cccc(F)c1)N1CCOCC1. The molecule has 2 heterocycles. The lowest BCUT2D eigenvalue weighted by Crippen LogP contribution is -2.44. The number of sulfonamides is 1. The van der Waals surface area contributed by atoms with E-state index in [1.165, 1.54) is 18.2 Å². The minimum absolute atomic E-state index is 0.0693. The van der Waals surface area contributed by atoms with Gasteiger partial charge in [0.2, 0.25) is 10.0 Å². The van der Waals surface area contributed by atoms with Crippen LogP contribution < -0.4 is 4.72 Å². The van der Waals surface area contributed by atoms with Gasteiger partial charge >= 0.3 is 0 Å². The van der Waals surface area contributed by atoms with Crippen LogP contribution in [0.1, 0.15) is 11.7 Å². The Labute approximate surface area is 147 Å². The maximum atomic E-state index is 13.3. The second-order valence-corrected chi connectivity index (χ2v) is 7.78. The number of morpholine rings is 1. The molecule has 0 unspecified atom stereocenters. The molecule has 136 valence electrons. The number of hydrogen-bond donors (Lipinski definition) is 1. The van der Waals surface area contributed by atoms with E-state index in [1.807, 2.05) is 29.9 Å². The van der Waals surface area contributed by atoms with Crippen molar-refractivity contribution in [2.45, 2.75) is 10.9 Å². The van der Waals surface area contributed by atoms with Crippen molar-refractivity contribution in [3.05, 3.63) is 54.1 Å². The lowest BCUT2D eigenvalue weighted by Gasteiger charge is -2.34. The number of nitrogens with zero attached hydrogens (tertiary/aromatic N) is 2. The predicted octanol–water partition coefficient (Wildman–Crippen LogP) is 1.52. The zero-order valence-corrected chi connectivity index (χ0v) is 14.9. The summed E-state index contributed by atoms with van der Waals surface area (Å²) in [4.78, 5) is 2.13. The molecular weight excluding hydrogens is 345 g/mol. The maximum absolute atomic E-state index is 13.3. The Hall–Kier alpha value is -1.74. The zero-order chi connectivity index (χ0) is 17.9. The summed E-state index contributed by atoms with van der Waals surface area (Å²) in [5, 5.41) is 0. The van der Waals surface area contributed by atoms with E-state index in [0.717, 1.165) is 24.8 Å². The van der Waals surface area contributed by atoms with Crippen LogP contribution in [-0.2, 0) is 21.8 Å². The van der Waals surface area contributed by atoms with Crippen LogP contribution in [-0.4, -0.2) is 50.7 Å². The highest BCUT2D eigenvalue weighted by atomic mass is 32.2. The predicted molar refractivity (Wildman–Crippen MR) is 92.1 cm³/mol. The van der Waals surface area contributed by atoms with Crippen LogP contribution in [0.4, 0.5) is 4.39 Å². The first-order chi connectivity index (χ1) is 12.0. The molecule has 6 nitrogen and oxygen atoms in total. The average Bonchev–Trinajstić information content (AvgIpc) is 3.02. The van der Waals surface area contributed by atoms with Crippen molar-refractivity contribution in [1.82, 2.24) is 14.2 Å². The van der Waals surface area contributed by atoms with Crippen LogP contribution in [0.25, 0.3) is 0 Å². The van der Waals surface area contributed by atoms with Gasteiger partial charge in [-0.05, 0) is 30.3 Å². The summed E-state index contributed by atoms with van der Waals surface area (Å²) in [6, 6.07) is 8.82. The van der Waals surface area contributed by atoms with Crippen LogP contribution in [0.2, 0.25) is 0 Å². The highest BCUT2D eigenvalue weighted by Gasteiger charge is 2.26. The van der Waals surface area contributed by atoms with Crippen LogP contribution in [0.5, 0.6) is 0 Å². The number of benzene rings is 1. The Morgan fingerprint density at radius 1 is 1.24 bits per heavy atom. The van der Waals surface area contributed by atoms with Crippen molar-refractivity contribution in [3.63, 3.8) is 0 Å². The van der Waals surface area contributed by atoms with Crippen LogP contribution in [0.3, 0.4) is 0 Å². The average molecular weight is 367 g/mol. The van der Waals surface area contributed by atoms with E-state index < -0.39 is 15.8 Å². The fourth-order valence-electron chi connectivity index (χ4n) is 3.04. The fourth-order valence-corrected chi connectivity index (χ4v) is 4.11. The van der Waals surface area contributed by atoms with Gasteiger partial charge in [-0.15, -0.1) is 0 Å². The first-order valence-corrected chi connectivity index (χ1v) is 9.64. The number of nitrogens with one attached hydrogen (secondary N) is 1. The largest absolute Gasteiger partial charge is 0.379 e. The third-order valence-corrected chi connectivity index (χ3v) is 5.81. The highest BCUT2D eigenvalue weighted by molar-refractivity contribution is 7.89. The summed E-state index contributed by atoms with van der Waals surface area (Å²) >= 11 is 0. The topological polar surface area (TPSA) is 63.6 Å². The van der Waals surface area contributed by atoms with Gasteiger partial charge < -0.3 is 9.30 Å². The fraction of sp³-hybridized carbons (Fsp3) is 0.412. The molecule has 25 heavy (non-hydrogen) atoms. The molecular formula is C17H22FN3O3S. The van der Waals surface area contributed by atoms with Gasteiger partial charge in [-0.25, -0.2) is 17.5 Å². The van der Waals surface area contributed by atoms with E-state index in [2.05, 4.69) is 9.62 Å². The van der Waals surface area contributed by atoms with E-state index >= 15 is 0 Å². The van der Waals surface area contributed by atoms with Gasteiger partial charge in [0.05, 0.1) is 24.2 Å². The molecule has 0 amide bonds. The molecule has 0 spiro atoms. The number of ether oxygens (including phenoxy) is 1. The van der Waals surface area contributed by atoms with Crippen LogP contribution in [0, 0.1) is 5.82 Å². The van der Waals surface area contributed by atoms with E-state index in [9.17, 15) is 12.8 Å². The molecule has 0 radical (unpaired) electrons. The smallest absolute Gasteiger partial charge is 0.240 e. The first kappa shape index (κ1) is 18.1. The molecule has 3 rings (SSSR count). The van der Waals surface area contributed by atoms with Gasteiger partial charge in [-0.1, -0.05) is 6.07 Å². The standard InChI is InChI=1S/C17H22FN3O3S/c1-20-7-3-6-16(20)17(21-8-10-24-11-9-21)13-19-25(22,23)15-5-2-4-14(18)12-15/h2-7,12,17,19H,8-11,13H2,1H3/t17-/m0/s1. The zero-order valence-electron chi connectivity index (χ0n) is 14.1. The molecule has 2 aromatic rings. The van der Waals surface area contributed by atoms with Crippen LogP contribution >= 0.6 is 0 Å². The number of halogens is 1. The van der Waals surface area contributed by atoms with Crippen molar-refractivity contribution in [1.29, 1.82) is 0 Å². The quantitative estimate of drug-likeness (QED) is 0.841. The van der Waals surface area contributed by atoms with Gasteiger partial charge in [0.25, 0.3) is 0 Å². The van der Waals surface area contributed by atoms with Gasteiger partial charge in [-0.2, -0.15) is 0 Å². The molecule has 1 aromatic carbocycles. The maximum Gasteiger partial charge on any atom is 0.240 e. The Kier molecular flexibility index (Phi) is 5.53. The van der Waals surface area contributed by atoms with Gasteiger partial charge in [0, 0.05) is 38.6 Å². The van der Waals surface area contributed by atoms with Crippen molar-refractivity contribution >= 4 is 10.0 Å². The molecule has 1 atom stereocenters. The minimum atomic E-state index is -3.78. The Bertz CT molecular complexity index is 816. The monoisotopic (exact) mass is 367 g/mol. The van der Waals surface area contributed by atoms with Crippen LogP contribution in [0.15, 0.2) is 47.5 Å². The second-order valence-electron chi connectivity index (χ2n) is 6.02. The molecule has 1 saturated heterocycles. The minimum Gasteiger partial charge on any atom is -0.379 e. The summed E-state index contributed by atoms with van der Waals surface area (Å²) < 4.78 is 48.3. The van der Waals surface area contributed by atoms with Gasteiger partial charge in [0.15, 0.2) is 0 Å². The second kappa shape index (κ2) is 7.65. The molecule has 0 aliphatic carbocycles. The summed E-state index contributed by atoms with van der Waals surface area (Å²) in [7, 11) is -1.84. The third kappa shape index (κ3) is 4.27. The lowest BCUT2D eigenvalue weighted by atomic mass is 10.1. The van der Waals surface area contributed by atoms with E-state index in [4.69, 9.17) is 4.74 Å².